The lowest BCUT2D eigenvalue weighted by atomic mass is 9.89. The van der Waals surface area contributed by atoms with Gasteiger partial charge in [0, 0.05) is 23.8 Å². The van der Waals surface area contributed by atoms with Crippen molar-refractivity contribution in [3.63, 3.8) is 0 Å². The molecule has 1 aliphatic carbocycles. The minimum absolute atomic E-state index is 0.0852. The van der Waals surface area contributed by atoms with Crippen LogP contribution in [-0.2, 0) is 4.79 Å². The normalized spacial score (nSPS) is 25.3. The van der Waals surface area contributed by atoms with Gasteiger partial charge in [0.25, 0.3) is 5.06 Å². The molecule has 1 saturated carbocycles. The summed E-state index contributed by atoms with van der Waals surface area (Å²) in [5.74, 6) is -1.19. The summed E-state index contributed by atoms with van der Waals surface area (Å²) >= 11 is 1.14. The number of carbonyl (C=O) groups is 1. The summed E-state index contributed by atoms with van der Waals surface area (Å²) in [6.07, 6.45) is 3.02. The monoisotopic (exact) mass is 387 g/mol. The van der Waals surface area contributed by atoms with Crippen LogP contribution >= 0.6 is 11.3 Å². The Bertz CT molecular complexity index is 606. The molecule has 26 heavy (non-hydrogen) atoms. The van der Waals surface area contributed by atoms with Crippen LogP contribution in [0.2, 0.25) is 0 Å². The maximum atomic E-state index is 10.9. The van der Waals surface area contributed by atoms with E-state index in [9.17, 15) is 25.1 Å². The first kappa shape index (κ1) is 20.6. The smallest absolute Gasteiger partial charge is 0.322 e. The van der Waals surface area contributed by atoms with Crippen molar-refractivity contribution in [2.24, 2.45) is 11.8 Å². The first-order valence-corrected chi connectivity index (χ1v) is 9.70. The molecule has 2 rings (SSSR count). The van der Waals surface area contributed by atoms with E-state index in [-0.39, 0.29) is 42.0 Å². The number of thiophene rings is 1. The second-order valence-electron chi connectivity index (χ2n) is 6.71. The largest absolute Gasteiger partial charge is 0.481 e. The Hall–Kier alpha value is -1.71. The van der Waals surface area contributed by atoms with Gasteiger partial charge in [-0.2, -0.15) is 0 Å². The van der Waals surface area contributed by atoms with Crippen LogP contribution in [0.5, 0.6) is 5.06 Å². The average Bonchev–Trinajstić information content (AvgIpc) is 3.13. The number of carboxylic acids is 1. The number of nitrogens with zero attached hydrogens (tertiary/aromatic N) is 1. The van der Waals surface area contributed by atoms with Crippen LogP contribution in [0.15, 0.2) is 11.4 Å². The molecule has 0 bridgehead atoms. The van der Waals surface area contributed by atoms with E-state index < -0.39 is 23.1 Å². The lowest BCUT2D eigenvalue weighted by Crippen LogP contribution is -2.28. The van der Waals surface area contributed by atoms with Crippen molar-refractivity contribution in [2.45, 2.75) is 57.2 Å². The molecule has 1 aliphatic rings. The Balaban J connectivity index is 1.82. The van der Waals surface area contributed by atoms with Crippen molar-refractivity contribution in [3.05, 3.63) is 21.6 Å². The minimum Gasteiger partial charge on any atom is -0.481 e. The number of nitro groups is 1. The van der Waals surface area contributed by atoms with Gasteiger partial charge in [0.15, 0.2) is 0 Å². The number of aliphatic carboxylic acids is 1. The highest BCUT2D eigenvalue weighted by Gasteiger charge is 2.41. The van der Waals surface area contributed by atoms with Gasteiger partial charge in [0.05, 0.1) is 23.7 Å². The van der Waals surface area contributed by atoms with Gasteiger partial charge in [-0.3, -0.25) is 14.9 Å². The van der Waals surface area contributed by atoms with Gasteiger partial charge in [-0.1, -0.05) is 19.3 Å². The van der Waals surface area contributed by atoms with E-state index in [0.717, 1.165) is 30.6 Å². The third-order valence-corrected chi connectivity index (χ3v) is 5.73. The number of aliphatic hydroxyl groups excluding tert-OH is 2. The average molecular weight is 387 g/mol. The van der Waals surface area contributed by atoms with E-state index in [0.29, 0.717) is 12.8 Å². The molecule has 1 aromatic rings. The molecule has 0 aromatic carbocycles. The predicted octanol–water partition coefficient (Wildman–Crippen LogP) is 2.82. The zero-order valence-electron chi connectivity index (χ0n) is 14.5. The number of carboxylic acid groups (broad SMARTS) is 1. The zero-order valence-corrected chi connectivity index (χ0v) is 15.3. The van der Waals surface area contributed by atoms with Crippen LogP contribution in [0, 0.1) is 22.0 Å². The molecule has 146 valence electrons. The molecule has 0 amide bonds. The fourth-order valence-electron chi connectivity index (χ4n) is 3.52. The number of aliphatic hydroxyl groups is 2. The van der Waals surface area contributed by atoms with Crippen LogP contribution in [0.4, 0.5) is 5.69 Å². The van der Waals surface area contributed by atoms with E-state index in [1.807, 2.05) is 0 Å². The van der Waals surface area contributed by atoms with E-state index in [1.54, 1.807) is 5.38 Å². The molecule has 3 N–H and O–H groups in total. The standard InChI is InChI=1S/C17H25NO7S/c19-14-9-15(20)12(10-25-17-13(18(23)24)7-8-26-17)11(14)5-3-1-2-4-6-16(21)22/h7-8,11-12,14-15,19-20H,1-6,9-10H2,(H,21,22)/t11-,12?,14?,15-/m1/s1. The fraction of sp³-hybridized carbons (Fsp3) is 0.706. The molecule has 1 aromatic heterocycles. The Labute approximate surface area is 155 Å². The summed E-state index contributed by atoms with van der Waals surface area (Å²) in [6.45, 7) is 0.128. The second kappa shape index (κ2) is 9.84. The maximum Gasteiger partial charge on any atom is 0.322 e. The van der Waals surface area contributed by atoms with Gasteiger partial charge in [-0.15, -0.1) is 11.3 Å². The number of ether oxygens (including phenoxy) is 1. The molecule has 0 saturated heterocycles. The highest BCUT2D eigenvalue weighted by Crippen LogP contribution is 2.39. The molecule has 0 aliphatic heterocycles. The third-order valence-electron chi connectivity index (χ3n) is 4.91. The summed E-state index contributed by atoms with van der Waals surface area (Å²) in [5.41, 5.74) is -0.0852. The summed E-state index contributed by atoms with van der Waals surface area (Å²) in [6, 6.07) is 1.38. The van der Waals surface area contributed by atoms with Gasteiger partial charge in [0.2, 0.25) is 0 Å². The molecule has 8 nitrogen and oxygen atoms in total. The van der Waals surface area contributed by atoms with Crippen LogP contribution in [0.3, 0.4) is 0 Å². The molecular formula is C17H25NO7S. The molecule has 1 fully saturated rings. The number of hydrogen-bond donors (Lipinski definition) is 3. The first-order chi connectivity index (χ1) is 12.4. The fourth-order valence-corrected chi connectivity index (χ4v) is 4.24. The van der Waals surface area contributed by atoms with Gasteiger partial charge in [-0.25, -0.2) is 0 Å². The van der Waals surface area contributed by atoms with E-state index in [2.05, 4.69) is 0 Å². The zero-order chi connectivity index (χ0) is 19.1. The Morgan fingerprint density at radius 3 is 2.62 bits per heavy atom. The van der Waals surface area contributed by atoms with Crippen molar-refractivity contribution < 1.29 is 29.8 Å². The van der Waals surface area contributed by atoms with E-state index >= 15 is 0 Å². The molecule has 4 atom stereocenters. The lowest BCUT2D eigenvalue weighted by molar-refractivity contribution is -0.385. The van der Waals surface area contributed by atoms with E-state index in [4.69, 9.17) is 9.84 Å². The van der Waals surface area contributed by atoms with Crippen molar-refractivity contribution in [3.8, 4) is 5.06 Å². The van der Waals surface area contributed by atoms with Gasteiger partial charge < -0.3 is 20.1 Å². The molecular weight excluding hydrogens is 362 g/mol. The Kier molecular flexibility index (Phi) is 7.80. The summed E-state index contributed by atoms with van der Waals surface area (Å²) in [4.78, 5) is 20.9. The molecule has 2 unspecified atom stereocenters. The lowest BCUT2D eigenvalue weighted by Gasteiger charge is -2.23. The van der Waals surface area contributed by atoms with Crippen LogP contribution in [0.25, 0.3) is 0 Å². The number of rotatable bonds is 11. The van der Waals surface area contributed by atoms with Crippen LogP contribution in [0.1, 0.15) is 44.9 Å². The molecule has 9 heteroatoms. The Morgan fingerprint density at radius 1 is 1.23 bits per heavy atom. The Morgan fingerprint density at radius 2 is 1.92 bits per heavy atom. The summed E-state index contributed by atoms with van der Waals surface area (Å²) in [5, 5.41) is 41.8. The van der Waals surface area contributed by atoms with Crippen molar-refractivity contribution in [2.75, 3.05) is 6.61 Å². The molecule has 1 heterocycles. The highest BCUT2D eigenvalue weighted by atomic mass is 32.1. The van der Waals surface area contributed by atoms with Crippen molar-refractivity contribution >= 4 is 23.0 Å². The van der Waals surface area contributed by atoms with Gasteiger partial charge >= 0.3 is 11.7 Å². The first-order valence-electron chi connectivity index (χ1n) is 8.82. The highest BCUT2D eigenvalue weighted by molar-refractivity contribution is 7.12. The van der Waals surface area contributed by atoms with E-state index in [1.165, 1.54) is 6.07 Å². The van der Waals surface area contributed by atoms with Crippen LogP contribution < -0.4 is 4.74 Å². The molecule has 0 radical (unpaired) electrons. The SMILES string of the molecule is O=C(O)CCCCCC[C@H]1C(O)C[C@@H](O)C1COc1sccc1[N+](=O)[O-]. The molecule has 0 spiro atoms. The van der Waals surface area contributed by atoms with Gasteiger partial charge in [0.1, 0.15) is 0 Å². The second-order valence-corrected chi connectivity index (χ2v) is 7.58. The topological polar surface area (TPSA) is 130 Å². The number of unbranched alkanes of at least 4 members (excludes halogenated alkanes) is 3. The quantitative estimate of drug-likeness (QED) is 0.302. The predicted molar refractivity (Wildman–Crippen MR) is 95.4 cm³/mol. The minimum atomic E-state index is -0.792. The third kappa shape index (κ3) is 5.65. The summed E-state index contributed by atoms with van der Waals surface area (Å²) < 4.78 is 5.58. The van der Waals surface area contributed by atoms with Crippen molar-refractivity contribution in [1.82, 2.24) is 0 Å². The van der Waals surface area contributed by atoms with Gasteiger partial charge in [-0.05, 0) is 25.2 Å². The summed E-state index contributed by atoms with van der Waals surface area (Å²) in [7, 11) is 0. The number of hydrogen-bond acceptors (Lipinski definition) is 7. The van der Waals surface area contributed by atoms with Crippen molar-refractivity contribution in [1.29, 1.82) is 0 Å². The maximum absolute atomic E-state index is 10.9. The van der Waals surface area contributed by atoms with Crippen LogP contribution in [-0.4, -0.2) is 45.0 Å².